The molecule has 0 heterocycles. The second-order valence-electron chi connectivity index (χ2n) is 9.63. The summed E-state index contributed by atoms with van der Waals surface area (Å²) in [6.45, 7) is 17.6. The van der Waals surface area contributed by atoms with Crippen LogP contribution < -0.4 is 0 Å². The number of hydrogen-bond donors (Lipinski definition) is 0. The SMILES string of the molecule is COC1(OOC(C)(C)CC(C)(C)C)CC(C)CC(C)(C)C1. The molecule has 1 aliphatic rings. The summed E-state index contributed by atoms with van der Waals surface area (Å²) in [4.78, 5) is 11.8. The van der Waals surface area contributed by atoms with E-state index in [4.69, 9.17) is 14.5 Å². The Morgan fingerprint density at radius 2 is 1.62 bits per heavy atom. The fraction of sp³-hybridized carbons (Fsp3) is 1.00. The van der Waals surface area contributed by atoms with Gasteiger partial charge < -0.3 is 4.74 Å². The van der Waals surface area contributed by atoms with Crippen molar-refractivity contribution in [1.82, 2.24) is 0 Å². The van der Waals surface area contributed by atoms with Crippen molar-refractivity contribution in [2.75, 3.05) is 7.11 Å². The second kappa shape index (κ2) is 6.17. The highest BCUT2D eigenvalue weighted by atomic mass is 17.2. The third-order valence-corrected chi connectivity index (χ3v) is 4.06. The van der Waals surface area contributed by atoms with Gasteiger partial charge in [0.2, 0.25) is 5.79 Å². The molecule has 0 aliphatic heterocycles. The van der Waals surface area contributed by atoms with Crippen molar-refractivity contribution < 1.29 is 14.5 Å². The highest BCUT2D eigenvalue weighted by Gasteiger charge is 2.46. The monoisotopic (exact) mass is 300 g/mol. The molecule has 0 bridgehead atoms. The molecule has 21 heavy (non-hydrogen) atoms. The zero-order valence-electron chi connectivity index (χ0n) is 15.6. The Labute approximate surface area is 131 Å². The molecular weight excluding hydrogens is 264 g/mol. The molecule has 2 unspecified atom stereocenters. The molecule has 0 aromatic rings. The van der Waals surface area contributed by atoms with E-state index in [0.29, 0.717) is 5.92 Å². The first kappa shape index (κ1) is 18.9. The van der Waals surface area contributed by atoms with Gasteiger partial charge in [-0.15, -0.1) is 0 Å². The third kappa shape index (κ3) is 6.25. The maximum Gasteiger partial charge on any atom is 0.202 e. The quantitative estimate of drug-likeness (QED) is 0.390. The average molecular weight is 300 g/mol. The summed E-state index contributed by atoms with van der Waals surface area (Å²) in [5, 5.41) is 0. The smallest absolute Gasteiger partial charge is 0.202 e. The Hall–Kier alpha value is -0.120. The summed E-state index contributed by atoms with van der Waals surface area (Å²) < 4.78 is 5.76. The minimum absolute atomic E-state index is 0.201. The standard InChI is InChI=1S/C18H36O3/c1-14-10-16(5,6)13-18(11-14,19-9)21-20-17(7,8)12-15(2,3)4/h14H,10-13H2,1-9H3. The van der Waals surface area contributed by atoms with Crippen LogP contribution in [-0.4, -0.2) is 18.5 Å². The van der Waals surface area contributed by atoms with Crippen molar-refractivity contribution in [3.63, 3.8) is 0 Å². The van der Waals surface area contributed by atoms with E-state index < -0.39 is 5.79 Å². The van der Waals surface area contributed by atoms with E-state index in [9.17, 15) is 0 Å². The molecule has 126 valence electrons. The van der Waals surface area contributed by atoms with E-state index in [1.54, 1.807) is 7.11 Å². The molecule has 1 rings (SSSR count). The maximum atomic E-state index is 5.91. The Morgan fingerprint density at radius 3 is 2.05 bits per heavy atom. The molecular formula is C18H36O3. The number of hydrogen-bond acceptors (Lipinski definition) is 3. The number of rotatable bonds is 5. The fourth-order valence-electron chi connectivity index (χ4n) is 4.17. The lowest BCUT2D eigenvalue weighted by Crippen LogP contribution is -2.47. The van der Waals surface area contributed by atoms with Gasteiger partial charge in [0.05, 0.1) is 5.60 Å². The lowest BCUT2D eigenvalue weighted by molar-refractivity contribution is -0.472. The van der Waals surface area contributed by atoms with Crippen molar-refractivity contribution in [1.29, 1.82) is 0 Å². The Bertz CT molecular complexity index is 341. The van der Waals surface area contributed by atoms with Crippen molar-refractivity contribution in [3.8, 4) is 0 Å². The van der Waals surface area contributed by atoms with Gasteiger partial charge in [0.25, 0.3) is 0 Å². The fourth-order valence-corrected chi connectivity index (χ4v) is 4.17. The predicted octanol–water partition coefficient (Wildman–Crippen LogP) is 5.34. The van der Waals surface area contributed by atoms with Crippen molar-refractivity contribution in [2.45, 2.75) is 92.5 Å². The van der Waals surface area contributed by atoms with Crippen LogP contribution >= 0.6 is 0 Å². The molecule has 0 spiro atoms. The first-order valence-electron chi connectivity index (χ1n) is 8.20. The summed E-state index contributed by atoms with van der Waals surface area (Å²) >= 11 is 0. The van der Waals surface area contributed by atoms with Gasteiger partial charge in [-0.05, 0) is 43.4 Å². The third-order valence-electron chi connectivity index (χ3n) is 4.06. The Morgan fingerprint density at radius 1 is 1.05 bits per heavy atom. The van der Waals surface area contributed by atoms with Crippen LogP contribution in [0, 0.1) is 16.7 Å². The largest absolute Gasteiger partial charge is 0.351 e. The highest BCUT2D eigenvalue weighted by molar-refractivity contribution is 4.88. The van der Waals surface area contributed by atoms with Gasteiger partial charge in [0.15, 0.2) is 0 Å². The lowest BCUT2D eigenvalue weighted by atomic mass is 9.70. The normalized spacial score (nSPS) is 30.4. The van der Waals surface area contributed by atoms with E-state index >= 15 is 0 Å². The second-order valence-corrected chi connectivity index (χ2v) is 9.63. The molecule has 0 N–H and O–H groups in total. The molecule has 1 saturated carbocycles. The van der Waals surface area contributed by atoms with E-state index in [2.05, 4.69) is 55.4 Å². The predicted molar refractivity (Wildman–Crippen MR) is 86.9 cm³/mol. The first-order chi connectivity index (χ1) is 9.28. The maximum absolute atomic E-state index is 5.91. The van der Waals surface area contributed by atoms with Crippen molar-refractivity contribution >= 4 is 0 Å². The molecule has 3 nitrogen and oxygen atoms in total. The number of ether oxygens (including phenoxy) is 1. The zero-order chi connectivity index (χ0) is 16.5. The average Bonchev–Trinajstić information content (AvgIpc) is 2.20. The van der Waals surface area contributed by atoms with E-state index in [1.165, 1.54) is 6.42 Å². The molecule has 0 amide bonds. The Kier molecular flexibility index (Phi) is 5.56. The summed E-state index contributed by atoms with van der Waals surface area (Å²) in [6, 6.07) is 0. The van der Waals surface area contributed by atoms with Gasteiger partial charge in [0, 0.05) is 20.0 Å². The van der Waals surface area contributed by atoms with E-state index in [-0.39, 0.29) is 16.4 Å². The minimum atomic E-state index is -0.615. The molecule has 1 fully saturated rings. The summed E-state index contributed by atoms with van der Waals surface area (Å²) in [5.41, 5.74) is 0.0893. The van der Waals surface area contributed by atoms with Gasteiger partial charge >= 0.3 is 0 Å². The van der Waals surface area contributed by atoms with Crippen molar-refractivity contribution in [2.24, 2.45) is 16.7 Å². The molecule has 0 aromatic carbocycles. The van der Waals surface area contributed by atoms with Crippen LogP contribution in [0.15, 0.2) is 0 Å². The summed E-state index contributed by atoms with van der Waals surface area (Å²) in [5.74, 6) is -0.0425. The van der Waals surface area contributed by atoms with Crippen molar-refractivity contribution in [3.05, 3.63) is 0 Å². The summed E-state index contributed by atoms with van der Waals surface area (Å²) in [6.07, 6.45) is 3.89. The zero-order valence-corrected chi connectivity index (χ0v) is 15.6. The molecule has 3 heteroatoms. The number of methoxy groups -OCH3 is 1. The van der Waals surface area contributed by atoms with Crippen LogP contribution in [0.5, 0.6) is 0 Å². The van der Waals surface area contributed by atoms with E-state index in [0.717, 1.165) is 19.3 Å². The van der Waals surface area contributed by atoms with Gasteiger partial charge in [0.1, 0.15) is 0 Å². The van der Waals surface area contributed by atoms with Crippen LogP contribution in [0.2, 0.25) is 0 Å². The molecule has 1 aliphatic carbocycles. The van der Waals surface area contributed by atoms with Gasteiger partial charge in [-0.1, -0.05) is 41.5 Å². The van der Waals surface area contributed by atoms with Crippen LogP contribution in [0.1, 0.15) is 81.1 Å². The molecule has 2 atom stereocenters. The van der Waals surface area contributed by atoms with Gasteiger partial charge in [-0.3, -0.25) is 0 Å². The van der Waals surface area contributed by atoms with E-state index in [1.807, 2.05) is 0 Å². The molecule has 0 saturated heterocycles. The summed E-state index contributed by atoms with van der Waals surface area (Å²) in [7, 11) is 1.73. The molecule has 0 radical (unpaired) electrons. The minimum Gasteiger partial charge on any atom is -0.351 e. The topological polar surface area (TPSA) is 27.7 Å². The Balaban J connectivity index is 2.73. The molecule has 0 aromatic heterocycles. The van der Waals surface area contributed by atoms with Crippen LogP contribution in [0.3, 0.4) is 0 Å². The first-order valence-corrected chi connectivity index (χ1v) is 8.20. The van der Waals surface area contributed by atoms with Gasteiger partial charge in [-0.25, -0.2) is 9.78 Å². The van der Waals surface area contributed by atoms with Gasteiger partial charge in [-0.2, -0.15) is 0 Å². The van der Waals surface area contributed by atoms with Crippen LogP contribution in [0.4, 0.5) is 0 Å². The van der Waals surface area contributed by atoms with Crippen LogP contribution in [-0.2, 0) is 14.5 Å². The highest BCUT2D eigenvalue weighted by Crippen LogP contribution is 2.46. The lowest BCUT2D eigenvalue weighted by Gasteiger charge is -2.46. The van der Waals surface area contributed by atoms with Crippen LogP contribution in [0.25, 0.3) is 0 Å².